The van der Waals surface area contributed by atoms with E-state index in [-0.39, 0.29) is 10.5 Å². The third-order valence-corrected chi connectivity index (χ3v) is 4.28. The molecule has 0 aliphatic carbocycles. The lowest BCUT2D eigenvalue weighted by Gasteiger charge is -2.21. The van der Waals surface area contributed by atoms with Crippen LogP contribution in [0, 0.1) is 11.6 Å². The van der Waals surface area contributed by atoms with Crippen molar-refractivity contribution in [2.24, 2.45) is 7.05 Å². The summed E-state index contributed by atoms with van der Waals surface area (Å²) in [6.07, 6.45) is 2.43. The van der Waals surface area contributed by atoms with Gasteiger partial charge in [0, 0.05) is 7.05 Å². The SMILES string of the molecule is CCCNC(c1ccc(F)c(F)c1Br)c1c(Cl)cnn1C. The van der Waals surface area contributed by atoms with Crippen LogP contribution in [0.1, 0.15) is 30.6 Å². The molecule has 1 aromatic carbocycles. The smallest absolute Gasteiger partial charge is 0.173 e. The van der Waals surface area contributed by atoms with E-state index in [4.69, 9.17) is 11.6 Å². The molecule has 0 saturated heterocycles. The average molecular weight is 379 g/mol. The number of rotatable bonds is 5. The summed E-state index contributed by atoms with van der Waals surface area (Å²) in [4.78, 5) is 0. The molecule has 114 valence electrons. The molecule has 0 radical (unpaired) electrons. The predicted octanol–water partition coefficient (Wildman–Crippen LogP) is 4.20. The van der Waals surface area contributed by atoms with E-state index in [9.17, 15) is 8.78 Å². The molecule has 1 aromatic heterocycles. The summed E-state index contributed by atoms with van der Waals surface area (Å²) in [6, 6.07) is 2.27. The number of aryl methyl sites for hydroxylation is 1. The molecule has 1 N–H and O–H groups in total. The van der Waals surface area contributed by atoms with Gasteiger partial charge in [-0.1, -0.05) is 24.6 Å². The van der Waals surface area contributed by atoms with Crippen LogP contribution in [0.3, 0.4) is 0 Å². The van der Waals surface area contributed by atoms with Gasteiger partial charge in [0.2, 0.25) is 0 Å². The van der Waals surface area contributed by atoms with Crippen LogP contribution in [0.2, 0.25) is 5.02 Å². The lowest BCUT2D eigenvalue weighted by Crippen LogP contribution is -2.26. The maximum absolute atomic E-state index is 13.8. The van der Waals surface area contributed by atoms with Crippen LogP contribution in [0.15, 0.2) is 22.8 Å². The fourth-order valence-electron chi connectivity index (χ4n) is 2.15. The zero-order valence-electron chi connectivity index (χ0n) is 11.6. The third-order valence-electron chi connectivity index (χ3n) is 3.19. The first-order valence-electron chi connectivity index (χ1n) is 6.51. The maximum Gasteiger partial charge on any atom is 0.173 e. The fraction of sp³-hybridized carbons (Fsp3) is 0.357. The number of hydrogen-bond donors (Lipinski definition) is 1. The monoisotopic (exact) mass is 377 g/mol. The number of nitrogens with zero attached hydrogens (tertiary/aromatic N) is 2. The molecule has 0 bridgehead atoms. The minimum Gasteiger partial charge on any atom is -0.305 e. The molecule has 0 amide bonds. The Morgan fingerprint density at radius 1 is 1.43 bits per heavy atom. The Hall–Kier alpha value is -0.980. The van der Waals surface area contributed by atoms with Gasteiger partial charge in [-0.2, -0.15) is 5.10 Å². The lowest BCUT2D eigenvalue weighted by atomic mass is 10.0. The van der Waals surface area contributed by atoms with Crippen LogP contribution >= 0.6 is 27.5 Å². The molecule has 7 heteroatoms. The van der Waals surface area contributed by atoms with Crippen molar-refractivity contribution in [3.63, 3.8) is 0 Å². The van der Waals surface area contributed by atoms with Gasteiger partial charge in [-0.05, 0) is 40.5 Å². The van der Waals surface area contributed by atoms with Crippen LogP contribution in [0.4, 0.5) is 8.78 Å². The summed E-state index contributed by atoms with van der Waals surface area (Å²) in [6.45, 7) is 2.73. The van der Waals surface area contributed by atoms with Crippen molar-refractivity contribution >= 4 is 27.5 Å². The van der Waals surface area contributed by atoms with Crippen LogP contribution in [-0.2, 0) is 7.05 Å². The van der Waals surface area contributed by atoms with Crippen molar-refractivity contribution < 1.29 is 8.78 Å². The van der Waals surface area contributed by atoms with Crippen molar-refractivity contribution in [3.05, 3.63) is 50.7 Å². The summed E-state index contributed by atoms with van der Waals surface area (Å²) in [5.74, 6) is -1.80. The molecular weight excluding hydrogens is 364 g/mol. The Morgan fingerprint density at radius 2 is 2.14 bits per heavy atom. The van der Waals surface area contributed by atoms with Gasteiger partial charge in [0.05, 0.1) is 27.4 Å². The van der Waals surface area contributed by atoms with E-state index >= 15 is 0 Å². The van der Waals surface area contributed by atoms with Gasteiger partial charge in [0.25, 0.3) is 0 Å². The molecule has 0 fully saturated rings. The van der Waals surface area contributed by atoms with Gasteiger partial charge in [0.1, 0.15) is 0 Å². The summed E-state index contributed by atoms with van der Waals surface area (Å²) >= 11 is 9.32. The maximum atomic E-state index is 13.8. The van der Waals surface area contributed by atoms with Crippen molar-refractivity contribution in [2.75, 3.05) is 6.54 Å². The number of nitrogens with one attached hydrogen (secondary N) is 1. The van der Waals surface area contributed by atoms with Crippen molar-refractivity contribution in [2.45, 2.75) is 19.4 Å². The highest BCUT2D eigenvalue weighted by molar-refractivity contribution is 9.10. The fourth-order valence-corrected chi connectivity index (χ4v) is 2.98. The highest BCUT2D eigenvalue weighted by Gasteiger charge is 2.24. The zero-order chi connectivity index (χ0) is 15.6. The summed E-state index contributed by atoms with van der Waals surface area (Å²) in [5, 5.41) is 7.87. The molecule has 1 atom stereocenters. The standard InChI is InChI=1S/C14H15BrClF2N3/c1-3-6-19-13(14-9(16)7-20-21(14)2)8-4-5-10(17)12(18)11(8)15/h4-5,7,13,19H,3,6H2,1-2H3. The van der Waals surface area contributed by atoms with Crippen LogP contribution < -0.4 is 5.32 Å². The van der Waals surface area contributed by atoms with Gasteiger partial charge in [-0.3, -0.25) is 4.68 Å². The second-order valence-electron chi connectivity index (χ2n) is 4.65. The normalized spacial score (nSPS) is 12.7. The summed E-state index contributed by atoms with van der Waals surface area (Å²) in [5.41, 5.74) is 1.28. The Labute approximate surface area is 135 Å². The lowest BCUT2D eigenvalue weighted by molar-refractivity contribution is 0.494. The third kappa shape index (κ3) is 3.27. The molecule has 3 nitrogen and oxygen atoms in total. The van der Waals surface area contributed by atoms with E-state index in [2.05, 4.69) is 26.3 Å². The number of benzene rings is 1. The molecule has 2 rings (SSSR count). The summed E-state index contributed by atoms with van der Waals surface area (Å²) in [7, 11) is 1.76. The molecule has 1 heterocycles. The molecule has 0 aliphatic rings. The Bertz CT molecular complexity index is 626. The van der Waals surface area contributed by atoms with Crippen molar-refractivity contribution in [3.8, 4) is 0 Å². The Morgan fingerprint density at radius 3 is 2.71 bits per heavy atom. The Kier molecular flexibility index (Phi) is 5.35. The number of aromatic nitrogens is 2. The highest BCUT2D eigenvalue weighted by atomic mass is 79.9. The van der Waals surface area contributed by atoms with Gasteiger partial charge in [-0.15, -0.1) is 0 Å². The molecule has 0 aliphatic heterocycles. The quantitative estimate of drug-likeness (QED) is 0.790. The Balaban J connectivity index is 2.54. The highest BCUT2D eigenvalue weighted by Crippen LogP contribution is 2.34. The molecule has 21 heavy (non-hydrogen) atoms. The number of halogens is 4. The predicted molar refractivity (Wildman–Crippen MR) is 82.4 cm³/mol. The molecule has 0 saturated carbocycles. The second-order valence-corrected chi connectivity index (χ2v) is 5.85. The van der Waals surface area contributed by atoms with Crippen LogP contribution in [-0.4, -0.2) is 16.3 Å². The van der Waals surface area contributed by atoms with Gasteiger partial charge in [-0.25, -0.2) is 8.78 Å². The first-order chi connectivity index (χ1) is 9.97. The topological polar surface area (TPSA) is 29.9 Å². The zero-order valence-corrected chi connectivity index (χ0v) is 14.0. The first-order valence-corrected chi connectivity index (χ1v) is 7.68. The van der Waals surface area contributed by atoms with E-state index < -0.39 is 11.6 Å². The van der Waals surface area contributed by atoms with Crippen LogP contribution in [0.25, 0.3) is 0 Å². The minimum absolute atomic E-state index is 0.0911. The first kappa shape index (κ1) is 16.4. The number of hydrogen-bond acceptors (Lipinski definition) is 2. The molecular formula is C14H15BrClF2N3. The van der Waals surface area contributed by atoms with Crippen molar-refractivity contribution in [1.29, 1.82) is 0 Å². The minimum atomic E-state index is -0.908. The largest absolute Gasteiger partial charge is 0.305 e. The van der Waals surface area contributed by atoms with Gasteiger partial charge >= 0.3 is 0 Å². The molecule has 0 spiro atoms. The molecule has 2 aromatic rings. The second kappa shape index (κ2) is 6.85. The van der Waals surface area contributed by atoms with E-state index in [0.29, 0.717) is 22.8 Å². The average Bonchev–Trinajstić information content (AvgIpc) is 2.79. The van der Waals surface area contributed by atoms with Crippen LogP contribution in [0.5, 0.6) is 0 Å². The van der Waals surface area contributed by atoms with E-state index in [1.165, 1.54) is 6.20 Å². The molecule has 1 unspecified atom stereocenters. The summed E-state index contributed by atoms with van der Waals surface area (Å²) < 4.78 is 28.8. The van der Waals surface area contributed by atoms with Gasteiger partial charge < -0.3 is 5.32 Å². The van der Waals surface area contributed by atoms with E-state index in [1.807, 2.05) is 6.92 Å². The van der Waals surface area contributed by atoms with Crippen molar-refractivity contribution in [1.82, 2.24) is 15.1 Å². The van der Waals surface area contributed by atoms with Gasteiger partial charge in [0.15, 0.2) is 11.6 Å². The van der Waals surface area contributed by atoms with E-state index in [1.54, 1.807) is 17.8 Å². The van der Waals surface area contributed by atoms with E-state index in [0.717, 1.165) is 12.5 Å².